The summed E-state index contributed by atoms with van der Waals surface area (Å²) in [6, 6.07) is 11.5. The Morgan fingerprint density at radius 3 is 2.52 bits per heavy atom. The lowest BCUT2D eigenvalue weighted by atomic mass is 9.85. The average Bonchev–Trinajstić information content (AvgIpc) is 3.24. The fourth-order valence-corrected chi connectivity index (χ4v) is 5.31. The highest BCUT2D eigenvalue weighted by Gasteiger charge is 2.29. The van der Waals surface area contributed by atoms with Crippen LogP contribution in [-0.2, 0) is 9.53 Å². The summed E-state index contributed by atoms with van der Waals surface area (Å²) in [4.78, 5) is 43.1. The largest absolute Gasteiger partial charge is 0.496 e. The highest BCUT2D eigenvalue weighted by molar-refractivity contribution is 5.93. The molecule has 0 spiro atoms. The summed E-state index contributed by atoms with van der Waals surface area (Å²) >= 11 is 0. The summed E-state index contributed by atoms with van der Waals surface area (Å²) in [5.41, 5.74) is 3.51. The normalized spacial score (nSPS) is 17.4. The highest BCUT2D eigenvalue weighted by Crippen LogP contribution is 2.35. The molecule has 216 valence electrons. The summed E-state index contributed by atoms with van der Waals surface area (Å²) in [5.74, 6) is 0.632. The molecule has 4 rings (SSSR count). The van der Waals surface area contributed by atoms with Crippen molar-refractivity contribution in [2.45, 2.75) is 65.0 Å². The number of carbonyl (C=O) groups is 2. The summed E-state index contributed by atoms with van der Waals surface area (Å²) in [7, 11) is 3.54. The lowest BCUT2D eigenvalue weighted by Gasteiger charge is -2.29. The minimum absolute atomic E-state index is 0.000433. The first-order chi connectivity index (χ1) is 19.0. The molecule has 1 aliphatic carbocycles. The van der Waals surface area contributed by atoms with Crippen molar-refractivity contribution in [2.24, 2.45) is 5.92 Å². The van der Waals surface area contributed by atoms with Crippen molar-refractivity contribution in [3.05, 3.63) is 52.4 Å². The van der Waals surface area contributed by atoms with Gasteiger partial charge in [-0.2, -0.15) is 0 Å². The lowest BCUT2D eigenvalue weighted by Crippen LogP contribution is -2.37. The molecule has 1 fully saturated rings. The predicted molar refractivity (Wildman–Crippen MR) is 157 cm³/mol. The van der Waals surface area contributed by atoms with Crippen molar-refractivity contribution in [2.75, 3.05) is 37.5 Å². The number of aromatic nitrogens is 2. The first-order valence-electron chi connectivity index (χ1n) is 13.8. The number of rotatable bonds is 8. The van der Waals surface area contributed by atoms with Gasteiger partial charge in [-0.3, -0.25) is 9.36 Å². The molecule has 1 heterocycles. The highest BCUT2D eigenvalue weighted by atomic mass is 16.6. The number of carbonyl (C=O) groups excluding carboxylic acids is 2. The van der Waals surface area contributed by atoms with E-state index in [1.54, 1.807) is 7.11 Å². The van der Waals surface area contributed by atoms with E-state index in [4.69, 9.17) is 9.47 Å². The van der Waals surface area contributed by atoms with Crippen molar-refractivity contribution in [3.8, 4) is 5.75 Å². The molecule has 2 aromatic carbocycles. The maximum absolute atomic E-state index is 13.1. The van der Waals surface area contributed by atoms with E-state index in [-0.39, 0.29) is 23.6 Å². The molecule has 2 amide bonds. The Labute approximate surface area is 235 Å². The molecule has 0 unspecified atom stereocenters. The average molecular weight is 552 g/mol. The maximum Gasteiger partial charge on any atom is 0.407 e. The van der Waals surface area contributed by atoms with Gasteiger partial charge in [0.25, 0.3) is 0 Å². The number of H-pyrrole nitrogens is 1. The van der Waals surface area contributed by atoms with Crippen LogP contribution in [0.1, 0.15) is 58.1 Å². The third kappa shape index (κ3) is 6.78. The van der Waals surface area contributed by atoms with Crippen LogP contribution in [0.4, 0.5) is 16.2 Å². The van der Waals surface area contributed by atoms with Crippen LogP contribution < -0.4 is 26.0 Å². The molecule has 1 aliphatic rings. The third-order valence-corrected chi connectivity index (χ3v) is 7.37. The van der Waals surface area contributed by atoms with Gasteiger partial charge in [0.05, 0.1) is 23.8 Å². The van der Waals surface area contributed by atoms with E-state index < -0.39 is 11.7 Å². The second-order valence-corrected chi connectivity index (χ2v) is 11.5. The number of benzene rings is 2. The lowest BCUT2D eigenvalue weighted by molar-refractivity contribution is -0.121. The second kappa shape index (κ2) is 12.1. The van der Waals surface area contributed by atoms with E-state index in [0.717, 1.165) is 46.6 Å². The zero-order chi connectivity index (χ0) is 29.0. The number of para-hydroxylation sites is 1. The van der Waals surface area contributed by atoms with Gasteiger partial charge in [0.15, 0.2) is 0 Å². The number of nitrogens with one attached hydrogen (secondary N) is 3. The Morgan fingerprint density at radius 2 is 1.85 bits per heavy atom. The van der Waals surface area contributed by atoms with Gasteiger partial charge in [0.1, 0.15) is 11.4 Å². The van der Waals surface area contributed by atoms with E-state index in [9.17, 15) is 14.4 Å². The summed E-state index contributed by atoms with van der Waals surface area (Å²) in [5, 5.41) is 5.80. The van der Waals surface area contributed by atoms with Crippen LogP contribution in [-0.4, -0.2) is 54.4 Å². The van der Waals surface area contributed by atoms with E-state index >= 15 is 0 Å². The number of methoxy groups -OCH3 is 1. The number of anilines is 2. The number of aromatic amines is 1. The van der Waals surface area contributed by atoms with Gasteiger partial charge in [-0.25, -0.2) is 9.59 Å². The molecule has 10 nitrogen and oxygen atoms in total. The molecule has 0 radical (unpaired) electrons. The topological polar surface area (TPSA) is 118 Å². The number of alkyl carbamates (subject to hydrolysis) is 1. The molecule has 0 aliphatic heterocycles. The van der Waals surface area contributed by atoms with Crippen molar-refractivity contribution >= 4 is 34.4 Å². The van der Waals surface area contributed by atoms with Gasteiger partial charge < -0.3 is 30.0 Å². The number of fused-ring (bicyclic) bond motifs is 1. The van der Waals surface area contributed by atoms with Crippen molar-refractivity contribution in [3.63, 3.8) is 0 Å². The quantitative estimate of drug-likeness (QED) is 0.364. The van der Waals surface area contributed by atoms with Crippen LogP contribution in [0.2, 0.25) is 0 Å². The number of imidazole rings is 1. The molecule has 0 saturated heterocycles. The zero-order valence-corrected chi connectivity index (χ0v) is 24.3. The van der Waals surface area contributed by atoms with Crippen LogP contribution >= 0.6 is 0 Å². The number of likely N-dealkylation sites (N-methyl/N-ethyl adjacent to an activating group) is 1. The molecule has 1 aromatic heterocycles. The number of aryl methyl sites for hydroxylation is 1. The Balaban J connectivity index is 1.39. The van der Waals surface area contributed by atoms with Crippen molar-refractivity contribution in [1.29, 1.82) is 0 Å². The zero-order valence-electron chi connectivity index (χ0n) is 24.3. The minimum Gasteiger partial charge on any atom is -0.496 e. The van der Waals surface area contributed by atoms with Gasteiger partial charge >= 0.3 is 11.8 Å². The van der Waals surface area contributed by atoms with E-state index in [1.165, 1.54) is 0 Å². The van der Waals surface area contributed by atoms with Crippen LogP contribution in [0.3, 0.4) is 0 Å². The van der Waals surface area contributed by atoms with E-state index in [1.807, 2.05) is 80.6 Å². The van der Waals surface area contributed by atoms with Crippen LogP contribution in [0.15, 0.2) is 41.2 Å². The number of hydrogen-bond acceptors (Lipinski definition) is 6. The molecule has 3 aromatic rings. The Bertz CT molecular complexity index is 1410. The number of amides is 2. The van der Waals surface area contributed by atoms with Crippen LogP contribution in [0, 0.1) is 12.8 Å². The molecule has 40 heavy (non-hydrogen) atoms. The van der Waals surface area contributed by atoms with Crippen molar-refractivity contribution in [1.82, 2.24) is 14.9 Å². The van der Waals surface area contributed by atoms with Crippen LogP contribution in [0.5, 0.6) is 5.75 Å². The first-order valence-corrected chi connectivity index (χ1v) is 13.8. The van der Waals surface area contributed by atoms with Crippen LogP contribution in [0.25, 0.3) is 11.0 Å². The van der Waals surface area contributed by atoms with E-state index in [0.29, 0.717) is 25.9 Å². The molecule has 3 N–H and O–H groups in total. The fraction of sp³-hybridized carbons (Fsp3) is 0.500. The monoisotopic (exact) mass is 551 g/mol. The SMILES string of the molecule is COc1cc(NC(=O)C2CCC(n3c(=O)[nH]c4c(N(C)CCNC(=O)OC(C)(C)C)cccc43)CC2)ccc1C. The van der Waals surface area contributed by atoms with Gasteiger partial charge in [-0.05, 0) is 77.1 Å². The Kier molecular flexibility index (Phi) is 8.76. The standard InChI is InChI=1S/C30H41N5O5/c1-19-10-13-21(18-25(19)39-6)32-27(36)20-11-14-22(15-12-20)35-24-9-7-8-23(26(24)33-28(35)37)34(5)17-16-31-29(38)40-30(2,3)4/h7-10,13,18,20,22H,11-12,14-17H2,1-6H3,(H,31,38)(H,32,36)(H,33,37). The maximum atomic E-state index is 13.1. The summed E-state index contributed by atoms with van der Waals surface area (Å²) in [6.45, 7) is 8.37. The van der Waals surface area contributed by atoms with Crippen molar-refractivity contribution < 1.29 is 19.1 Å². The number of hydrogen-bond donors (Lipinski definition) is 3. The smallest absolute Gasteiger partial charge is 0.407 e. The van der Waals surface area contributed by atoms with Gasteiger partial charge in [0, 0.05) is 43.9 Å². The minimum atomic E-state index is -0.553. The third-order valence-electron chi connectivity index (χ3n) is 7.37. The van der Waals surface area contributed by atoms with Gasteiger partial charge in [-0.15, -0.1) is 0 Å². The molecule has 10 heteroatoms. The molecule has 0 atom stereocenters. The molecular formula is C30H41N5O5. The Morgan fingerprint density at radius 1 is 1.12 bits per heavy atom. The predicted octanol–water partition coefficient (Wildman–Crippen LogP) is 4.98. The first kappa shape index (κ1) is 29.0. The second-order valence-electron chi connectivity index (χ2n) is 11.5. The fourth-order valence-electron chi connectivity index (χ4n) is 5.31. The molecule has 1 saturated carbocycles. The van der Waals surface area contributed by atoms with Gasteiger partial charge in [0.2, 0.25) is 5.91 Å². The summed E-state index contributed by atoms with van der Waals surface area (Å²) in [6.07, 6.45) is 2.43. The Hall–Kier alpha value is -3.95. The number of ether oxygens (including phenoxy) is 2. The van der Waals surface area contributed by atoms with E-state index in [2.05, 4.69) is 15.6 Å². The molecule has 0 bridgehead atoms. The number of nitrogens with zero attached hydrogens (tertiary/aromatic N) is 2. The summed E-state index contributed by atoms with van der Waals surface area (Å²) < 4.78 is 12.5. The van der Waals surface area contributed by atoms with Gasteiger partial charge in [-0.1, -0.05) is 12.1 Å². The molecular weight excluding hydrogens is 510 g/mol.